The van der Waals surface area contributed by atoms with Crippen LogP contribution in [0.4, 0.5) is 0 Å². The van der Waals surface area contributed by atoms with Gasteiger partial charge in [-0.1, -0.05) is 12.1 Å². The van der Waals surface area contributed by atoms with Gasteiger partial charge in [0.2, 0.25) is 0 Å². The summed E-state index contributed by atoms with van der Waals surface area (Å²) in [6, 6.07) is 5.99. The Kier molecular flexibility index (Phi) is 4.08. The van der Waals surface area contributed by atoms with Crippen LogP contribution >= 0.6 is 0 Å². The van der Waals surface area contributed by atoms with Crippen LogP contribution in [0.15, 0.2) is 24.3 Å². The molecule has 0 saturated heterocycles. The first kappa shape index (κ1) is 11.5. The minimum absolute atomic E-state index is 0.294. The third-order valence-electron chi connectivity index (χ3n) is 1.88. The lowest BCUT2D eigenvalue weighted by Crippen LogP contribution is -2.32. The van der Waals surface area contributed by atoms with Gasteiger partial charge in [0.25, 0.3) is 0 Å². The Morgan fingerprint density at radius 2 is 2.07 bits per heavy atom. The summed E-state index contributed by atoms with van der Waals surface area (Å²) >= 11 is 0. The lowest BCUT2D eigenvalue weighted by molar-refractivity contribution is -0.178. The van der Waals surface area contributed by atoms with Crippen molar-refractivity contribution < 1.29 is 19.7 Å². The number of carboxylic acids is 1. The van der Waals surface area contributed by atoms with Gasteiger partial charge < -0.3 is 15.7 Å². The van der Waals surface area contributed by atoms with Gasteiger partial charge in [-0.3, -0.25) is 4.79 Å². The van der Waals surface area contributed by atoms with E-state index in [4.69, 9.17) is 15.7 Å². The van der Waals surface area contributed by atoms with Gasteiger partial charge in [0.05, 0.1) is 7.11 Å². The van der Waals surface area contributed by atoms with Crippen molar-refractivity contribution in [3.8, 4) is 5.75 Å². The summed E-state index contributed by atoms with van der Waals surface area (Å²) in [4.78, 5) is 19.7. The van der Waals surface area contributed by atoms with E-state index in [-0.39, 0.29) is 0 Å². The van der Waals surface area contributed by atoms with Gasteiger partial charge in [-0.15, -0.1) is 0 Å². The molecular formula is C10H13NO4. The highest BCUT2D eigenvalue weighted by atomic mass is 17.2. The maximum Gasteiger partial charge on any atom is 0.320 e. The highest BCUT2D eigenvalue weighted by Crippen LogP contribution is 2.13. The van der Waals surface area contributed by atoms with E-state index in [0.29, 0.717) is 12.2 Å². The highest BCUT2D eigenvalue weighted by molar-refractivity contribution is 5.73. The number of carbonyl (C=O) groups is 1. The second kappa shape index (κ2) is 5.33. The van der Waals surface area contributed by atoms with Crippen molar-refractivity contribution in [1.82, 2.24) is 0 Å². The zero-order chi connectivity index (χ0) is 11.3. The molecule has 1 rings (SSSR count). The van der Waals surface area contributed by atoms with E-state index in [9.17, 15) is 4.79 Å². The van der Waals surface area contributed by atoms with Crippen LogP contribution in [0.1, 0.15) is 5.56 Å². The molecular weight excluding hydrogens is 198 g/mol. The van der Waals surface area contributed by atoms with Gasteiger partial charge in [0.15, 0.2) is 5.75 Å². The lowest BCUT2D eigenvalue weighted by Gasteiger charge is -2.06. The molecule has 0 heterocycles. The molecule has 1 aromatic rings. The Hall–Kier alpha value is -1.59. The van der Waals surface area contributed by atoms with E-state index in [0.717, 1.165) is 5.56 Å². The SMILES string of the molecule is COOc1ccc(C[C@H](N)C(=O)O)cc1. The molecule has 82 valence electrons. The zero-order valence-electron chi connectivity index (χ0n) is 8.34. The summed E-state index contributed by atoms with van der Waals surface area (Å²) in [6.07, 6.45) is 0.294. The minimum Gasteiger partial charge on any atom is -0.480 e. The first-order valence-electron chi connectivity index (χ1n) is 4.41. The fraction of sp³-hybridized carbons (Fsp3) is 0.300. The van der Waals surface area contributed by atoms with Crippen molar-refractivity contribution in [2.45, 2.75) is 12.5 Å². The van der Waals surface area contributed by atoms with E-state index in [1.165, 1.54) is 7.11 Å². The van der Waals surface area contributed by atoms with Crippen molar-refractivity contribution in [3.05, 3.63) is 29.8 Å². The average Bonchev–Trinajstić information content (AvgIpc) is 2.21. The van der Waals surface area contributed by atoms with Crippen LogP contribution in [0.25, 0.3) is 0 Å². The molecule has 0 bridgehead atoms. The molecule has 0 aliphatic heterocycles. The molecule has 0 aliphatic rings. The fourth-order valence-electron chi connectivity index (χ4n) is 1.12. The molecule has 0 saturated carbocycles. The largest absolute Gasteiger partial charge is 0.480 e. The smallest absolute Gasteiger partial charge is 0.320 e. The number of aliphatic carboxylic acids is 1. The lowest BCUT2D eigenvalue weighted by atomic mass is 10.1. The Labute approximate surface area is 87.3 Å². The standard InChI is InChI=1S/C10H13NO4/c1-14-15-8-4-2-7(3-5-8)6-9(11)10(12)13/h2-5,9H,6,11H2,1H3,(H,12,13)/t9-/m0/s1. The van der Waals surface area contributed by atoms with Crippen molar-refractivity contribution >= 4 is 5.97 Å². The van der Waals surface area contributed by atoms with Crippen LogP contribution < -0.4 is 10.6 Å². The summed E-state index contributed by atoms with van der Waals surface area (Å²) in [6.45, 7) is 0. The molecule has 0 aromatic heterocycles. The first-order valence-corrected chi connectivity index (χ1v) is 4.41. The predicted octanol–water partition coefficient (Wildman–Crippen LogP) is 0.581. The molecule has 1 atom stereocenters. The zero-order valence-corrected chi connectivity index (χ0v) is 8.34. The number of carboxylic acid groups (broad SMARTS) is 1. The van der Waals surface area contributed by atoms with Gasteiger partial charge in [0, 0.05) is 0 Å². The molecule has 0 amide bonds. The van der Waals surface area contributed by atoms with E-state index in [2.05, 4.69) is 4.89 Å². The quantitative estimate of drug-likeness (QED) is 0.550. The van der Waals surface area contributed by atoms with Gasteiger partial charge in [-0.25, -0.2) is 0 Å². The third-order valence-corrected chi connectivity index (χ3v) is 1.88. The number of hydrogen-bond donors (Lipinski definition) is 2. The normalized spacial score (nSPS) is 12.1. The molecule has 5 heteroatoms. The van der Waals surface area contributed by atoms with E-state index in [1.807, 2.05) is 0 Å². The minimum atomic E-state index is -1.01. The summed E-state index contributed by atoms with van der Waals surface area (Å²) in [5.41, 5.74) is 6.23. The molecule has 0 aliphatic carbocycles. The second-order valence-corrected chi connectivity index (χ2v) is 3.04. The number of rotatable bonds is 5. The summed E-state index contributed by atoms with van der Waals surface area (Å²) in [7, 11) is 1.41. The van der Waals surface area contributed by atoms with E-state index >= 15 is 0 Å². The molecule has 0 spiro atoms. The Morgan fingerprint density at radius 3 is 2.53 bits per heavy atom. The van der Waals surface area contributed by atoms with Crippen LogP contribution in [0.5, 0.6) is 5.75 Å². The Balaban J connectivity index is 2.60. The van der Waals surface area contributed by atoms with Crippen molar-refractivity contribution in [2.75, 3.05) is 7.11 Å². The molecule has 0 unspecified atom stereocenters. The van der Waals surface area contributed by atoms with Gasteiger partial charge in [-0.2, -0.15) is 4.89 Å². The number of benzene rings is 1. The third kappa shape index (κ3) is 3.57. The molecule has 15 heavy (non-hydrogen) atoms. The fourth-order valence-corrected chi connectivity index (χ4v) is 1.12. The molecule has 3 N–H and O–H groups in total. The van der Waals surface area contributed by atoms with Crippen molar-refractivity contribution in [3.63, 3.8) is 0 Å². The summed E-state index contributed by atoms with van der Waals surface area (Å²) in [5, 5.41) is 8.61. The van der Waals surface area contributed by atoms with Crippen LogP contribution in [-0.4, -0.2) is 24.2 Å². The highest BCUT2D eigenvalue weighted by Gasteiger charge is 2.11. The Bertz CT molecular complexity index is 323. The maximum absolute atomic E-state index is 10.5. The molecule has 5 nitrogen and oxygen atoms in total. The topological polar surface area (TPSA) is 81.8 Å². The van der Waals surface area contributed by atoms with Crippen molar-refractivity contribution in [1.29, 1.82) is 0 Å². The maximum atomic E-state index is 10.5. The van der Waals surface area contributed by atoms with E-state index in [1.54, 1.807) is 24.3 Å². The predicted molar refractivity (Wildman–Crippen MR) is 53.4 cm³/mol. The van der Waals surface area contributed by atoms with Crippen LogP contribution in [0.2, 0.25) is 0 Å². The molecule has 0 fully saturated rings. The van der Waals surface area contributed by atoms with Gasteiger partial charge in [-0.05, 0) is 24.1 Å². The summed E-state index contributed by atoms with van der Waals surface area (Å²) < 4.78 is 0. The monoisotopic (exact) mass is 211 g/mol. The summed E-state index contributed by atoms with van der Waals surface area (Å²) in [5.74, 6) is -0.447. The number of nitrogens with two attached hydrogens (primary N) is 1. The second-order valence-electron chi connectivity index (χ2n) is 3.04. The van der Waals surface area contributed by atoms with Gasteiger partial charge in [0.1, 0.15) is 6.04 Å². The molecule has 0 radical (unpaired) electrons. The molecule has 1 aromatic carbocycles. The van der Waals surface area contributed by atoms with Crippen LogP contribution in [0, 0.1) is 0 Å². The first-order chi connectivity index (χ1) is 7.13. The number of hydrogen-bond acceptors (Lipinski definition) is 4. The average molecular weight is 211 g/mol. The van der Waals surface area contributed by atoms with E-state index < -0.39 is 12.0 Å². The Morgan fingerprint density at radius 1 is 1.47 bits per heavy atom. The van der Waals surface area contributed by atoms with Gasteiger partial charge >= 0.3 is 5.97 Å². The van der Waals surface area contributed by atoms with Crippen LogP contribution in [-0.2, 0) is 16.1 Å². The van der Waals surface area contributed by atoms with Crippen molar-refractivity contribution in [2.24, 2.45) is 5.73 Å². The van der Waals surface area contributed by atoms with Crippen LogP contribution in [0.3, 0.4) is 0 Å².